The molecule has 20 heavy (non-hydrogen) atoms. The summed E-state index contributed by atoms with van der Waals surface area (Å²) in [5, 5.41) is 3.43. The van der Waals surface area contributed by atoms with Crippen molar-refractivity contribution in [2.24, 2.45) is 0 Å². The van der Waals surface area contributed by atoms with Crippen molar-refractivity contribution in [3.63, 3.8) is 0 Å². The van der Waals surface area contributed by atoms with Gasteiger partial charge >= 0.3 is 0 Å². The molecule has 0 aliphatic carbocycles. The van der Waals surface area contributed by atoms with E-state index in [1.807, 2.05) is 18.2 Å². The Kier molecular flexibility index (Phi) is 8.17. The van der Waals surface area contributed by atoms with Crippen molar-refractivity contribution in [1.29, 1.82) is 0 Å². The molecule has 0 aliphatic rings. The highest BCUT2D eigenvalue weighted by atomic mass is 79.9. The van der Waals surface area contributed by atoms with Crippen LogP contribution >= 0.6 is 27.7 Å². The summed E-state index contributed by atoms with van der Waals surface area (Å²) in [5.74, 6) is 1.22. The van der Waals surface area contributed by atoms with Gasteiger partial charge in [-0.2, -0.15) is 0 Å². The van der Waals surface area contributed by atoms with Crippen LogP contribution in [0.25, 0.3) is 0 Å². The first-order chi connectivity index (χ1) is 9.42. The van der Waals surface area contributed by atoms with Crippen molar-refractivity contribution in [1.82, 2.24) is 5.32 Å². The van der Waals surface area contributed by atoms with Crippen LogP contribution in [0.2, 0.25) is 0 Å². The summed E-state index contributed by atoms with van der Waals surface area (Å²) in [5.41, 5.74) is 0. The molecule has 1 unspecified atom stereocenters. The molecule has 0 fully saturated rings. The van der Waals surface area contributed by atoms with Crippen LogP contribution in [-0.2, 0) is 9.84 Å². The van der Waals surface area contributed by atoms with Crippen LogP contribution in [0, 0.1) is 0 Å². The number of rotatable bonds is 9. The van der Waals surface area contributed by atoms with E-state index >= 15 is 0 Å². The fraction of sp³-hybridized carbons (Fsp3) is 0.571. The average Bonchev–Trinajstić information content (AvgIpc) is 2.36. The van der Waals surface area contributed by atoms with E-state index in [2.05, 4.69) is 34.2 Å². The Bertz CT molecular complexity index is 506. The predicted molar refractivity (Wildman–Crippen MR) is 91.3 cm³/mol. The van der Waals surface area contributed by atoms with Gasteiger partial charge < -0.3 is 5.32 Å². The molecule has 114 valence electrons. The minimum absolute atomic E-state index is 0.272. The first-order valence-electron chi connectivity index (χ1n) is 6.71. The first kappa shape index (κ1) is 18.0. The van der Waals surface area contributed by atoms with Crippen molar-refractivity contribution in [3.05, 3.63) is 28.7 Å². The molecular formula is C14H22BrNO2S2. The van der Waals surface area contributed by atoms with Gasteiger partial charge in [-0.15, -0.1) is 11.8 Å². The molecule has 0 saturated heterocycles. The van der Waals surface area contributed by atoms with Gasteiger partial charge in [0.05, 0.1) is 0 Å². The van der Waals surface area contributed by atoms with Crippen LogP contribution < -0.4 is 5.32 Å². The number of hydrogen-bond acceptors (Lipinski definition) is 4. The SMILES string of the molecule is CCNC(CCCS(C)(=O)=O)CSc1ccccc1Br. The molecule has 1 rings (SSSR count). The normalized spacial score (nSPS) is 13.3. The van der Waals surface area contributed by atoms with Gasteiger partial charge in [-0.05, 0) is 47.4 Å². The predicted octanol–water partition coefficient (Wildman–Crippen LogP) is 3.34. The van der Waals surface area contributed by atoms with Crippen LogP contribution in [0.15, 0.2) is 33.6 Å². The van der Waals surface area contributed by atoms with E-state index in [-0.39, 0.29) is 5.75 Å². The maximum atomic E-state index is 11.2. The lowest BCUT2D eigenvalue weighted by atomic mass is 10.2. The molecule has 1 N–H and O–H groups in total. The Hall–Kier alpha value is -0.0400. The zero-order chi connectivity index (χ0) is 15.0. The van der Waals surface area contributed by atoms with E-state index in [4.69, 9.17) is 0 Å². The Morgan fingerprint density at radius 1 is 1.35 bits per heavy atom. The van der Waals surface area contributed by atoms with Crippen LogP contribution in [0.5, 0.6) is 0 Å². The topological polar surface area (TPSA) is 46.2 Å². The van der Waals surface area contributed by atoms with Gasteiger partial charge in [0, 0.05) is 33.2 Å². The summed E-state index contributed by atoms with van der Waals surface area (Å²) in [6.07, 6.45) is 2.90. The summed E-state index contributed by atoms with van der Waals surface area (Å²) < 4.78 is 23.4. The minimum Gasteiger partial charge on any atom is -0.313 e. The number of halogens is 1. The van der Waals surface area contributed by atoms with Gasteiger partial charge in [0.1, 0.15) is 9.84 Å². The smallest absolute Gasteiger partial charge is 0.147 e. The number of thioether (sulfide) groups is 1. The number of benzene rings is 1. The molecule has 0 amide bonds. The van der Waals surface area contributed by atoms with Gasteiger partial charge in [0.2, 0.25) is 0 Å². The molecule has 6 heteroatoms. The van der Waals surface area contributed by atoms with Gasteiger partial charge in [-0.25, -0.2) is 8.42 Å². The third kappa shape index (κ3) is 7.67. The van der Waals surface area contributed by atoms with Crippen molar-refractivity contribution < 1.29 is 8.42 Å². The second kappa shape index (κ2) is 9.07. The largest absolute Gasteiger partial charge is 0.313 e. The third-order valence-corrected chi connectivity index (χ3v) is 6.06. The summed E-state index contributed by atoms with van der Waals surface area (Å²) in [6.45, 7) is 2.98. The van der Waals surface area contributed by atoms with Crippen LogP contribution in [0.1, 0.15) is 19.8 Å². The summed E-state index contributed by atoms with van der Waals surface area (Å²) in [6, 6.07) is 8.50. The molecule has 0 spiro atoms. The van der Waals surface area contributed by atoms with Crippen LogP contribution in [-0.4, -0.2) is 38.8 Å². The quantitative estimate of drug-likeness (QED) is 0.668. The highest BCUT2D eigenvalue weighted by molar-refractivity contribution is 9.10. The third-order valence-electron chi connectivity index (χ3n) is 2.84. The van der Waals surface area contributed by atoms with E-state index in [1.54, 1.807) is 11.8 Å². The van der Waals surface area contributed by atoms with Crippen LogP contribution in [0.3, 0.4) is 0 Å². The number of hydrogen-bond donors (Lipinski definition) is 1. The Morgan fingerprint density at radius 2 is 2.05 bits per heavy atom. The van der Waals surface area contributed by atoms with Crippen molar-refractivity contribution >= 4 is 37.5 Å². The fourth-order valence-electron chi connectivity index (χ4n) is 1.88. The lowest BCUT2D eigenvalue weighted by Crippen LogP contribution is -2.31. The zero-order valence-corrected chi connectivity index (χ0v) is 15.2. The molecular weight excluding hydrogens is 358 g/mol. The van der Waals surface area contributed by atoms with Crippen molar-refractivity contribution in [3.8, 4) is 0 Å². The molecule has 0 heterocycles. The molecule has 0 radical (unpaired) electrons. The minimum atomic E-state index is -2.85. The van der Waals surface area contributed by atoms with Gasteiger partial charge in [0.25, 0.3) is 0 Å². The Balaban J connectivity index is 2.44. The Labute approximate surface area is 135 Å². The highest BCUT2D eigenvalue weighted by Gasteiger charge is 2.11. The van der Waals surface area contributed by atoms with E-state index in [0.29, 0.717) is 12.5 Å². The summed E-state index contributed by atoms with van der Waals surface area (Å²) >= 11 is 5.34. The highest BCUT2D eigenvalue weighted by Crippen LogP contribution is 2.27. The second-order valence-corrected chi connectivity index (χ2v) is 8.94. The maximum absolute atomic E-state index is 11.2. The lowest BCUT2D eigenvalue weighted by Gasteiger charge is -2.17. The van der Waals surface area contributed by atoms with Crippen molar-refractivity contribution in [2.75, 3.05) is 24.3 Å². The Morgan fingerprint density at radius 3 is 2.65 bits per heavy atom. The summed E-state index contributed by atoms with van der Waals surface area (Å²) in [4.78, 5) is 1.22. The molecule has 1 aromatic carbocycles. The molecule has 0 saturated carbocycles. The van der Waals surface area contributed by atoms with E-state index < -0.39 is 9.84 Å². The molecule has 0 bridgehead atoms. The first-order valence-corrected chi connectivity index (χ1v) is 10.5. The van der Waals surface area contributed by atoms with Gasteiger partial charge in [-0.1, -0.05) is 19.1 Å². The molecule has 0 aromatic heterocycles. The van der Waals surface area contributed by atoms with E-state index in [0.717, 1.165) is 23.2 Å². The lowest BCUT2D eigenvalue weighted by molar-refractivity contribution is 0.527. The standard InChI is InChI=1S/C14H22BrNO2S2/c1-3-16-12(7-6-10-20(2,17)18)11-19-14-9-5-4-8-13(14)15/h4-5,8-9,12,16H,3,6-7,10-11H2,1-2H3. The molecule has 3 nitrogen and oxygen atoms in total. The van der Waals surface area contributed by atoms with E-state index in [1.165, 1.54) is 11.2 Å². The fourth-order valence-corrected chi connectivity index (χ4v) is 4.24. The van der Waals surface area contributed by atoms with Crippen molar-refractivity contribution in [2.45, 2.75) is 30.7 Å². The van der Waals surface area contributed by atoms with Gasteiger partial charge in [0.15, 0.2) is 0 Å². The molecule has 1 atom stereocenters. The van der Waals surface area contributed by atoms with Crippen LogP contribution in [0.4, 0.5) is 0 Å². The average molecular weight is 380 g/mol. The number of sulfone groups is 1. The molecule has 0 aliphatic heterocycles. The maximum Gasteiger partial charge on any atom is 0.147 e. The number of nitrogens with one attached hydrogen (secondary N) is 1. The van der Waals surface area contributed by atoms with Gasteiger partial charge in [-0.3, -0.25) is 0 Å². The monoisotopic (exact) mass is 379 g/mol. The van der Waals surface area contributed by atoms with E-state index in [9.17, 15) is 8.42 Å². The zero-order valence-electron chi connectivity index (χ0n) is 11.9. The molecule has 1 aromatic rings. The second-order valence-electron chi connectivity index (χ2n) is 4.77. The summed E-state index contributed by atoms with van der Waals surface area (Å²) in [7, 11) is -2.85.